The van der Waals surface area contributed by atoms with Crippen LogP contribution < -0.4 is 5.32 Å². The monoisotopic (exact) mass is 226 g/mol. The molecular weight excluding hydrogens is 196 g/mol. The van der Waals surface area contributed by atoms with Crippen LogP contribution in [0, 0.1) is 5.92 Å². The Morgan fingerprint density at radius 3 is 2.81 bits per heavy atom. The lowest BCUT2D eigenvalue weighted by atomic mass is 10.0. The number of nitrogens with zero attached hydrogens (tertiary/aromatic N) is 1. The van der Waals surface area contributed by atoms with E-state index in [9.17, 15) is 0 Å². The van der Waals surface area contributed by atoms with Crippen LogP contribution in [0.4, 0.5) is 0 Å². The number of rotatable bonds is 6. The zero-order valence-electron chi connectivity index (χ0n) is 11.5. The molecule has 0 aromatic heterocycles. The minimum atomic E-state index is 0.737. The molecule has 2 atom stereocenters. The maximum Gasteiger partial charge on any atom is 0.0194 e. The predicted molar refractivity (Wildman–Crippen MR) is 71.8 cm³/mol. The Balaban J connectivity index is 2.33. The lowest BCUT2D eigenvalue weighted by Gasteiger charge is -2.26. The maximum atomic E-state index is 3.68. The second-order valence-electron chi connectivity index (χ2n) is 5.45. The summed E-state index contributed by atoms with van der Waals surface area (Å²) in [6.07, 6.45) is 6.65. The fraction of sp³-hybridized carbons (Fsp3) is 1.00. The molecule has 0 amide bonds. The molecule has 96 valence electrons. The molecule has 0 aromatic carbocycles. The summed E-state index contributed by atoms with van der Waals surface area (Å²) >= 11 is 0. The first-order chi connectivity index (χ1) is 7.76. The molecule has 0 radical (unpaired) electrons. The first-order valence-electron chi connectivity index (χ1n) is 7.22. The third-order valence-corrected chi connectivity index (χ3v) is 3.55. The maximum absolute atomic E-state index is 3.68. The van der Waals surface area contributed by atoms with Gasteiger partial charge in [-0.25, -0.2) is 0 Å². The summed E-state index contributed by atoms with van der Waals surface area (Å²) in [5.41, 5.74) is 0. The van der Waals surface area contributed by atoms with Gasteiger partial charge in [-0.15, -0.1) is 0 Å². The van der Waals surface area contributed by atoms with Gasteiger partial charge in [0.05, 0.1) is 0 Å². The molecule has 0 spiro atoms. The van der Waals surface area contributed by atoms with Gasteiger partial charge in [0.2, 0.25) is 0 Å². The summed E-state index contributed by atoms with van der Waals surface area (Å²) < 4.78 is 0. The minimum absolute atomic E-state index is 0.737. The van der Waals surface area contributed by atoms with Crippen LogP contribution in [-0.2, 0) is 0 Å². The van der Waals surface area contributed by atoms with Crippen LogP contribution >= 0.6 is 0 Å². The van der Waals surface area contributed by atoms with Crippen LogP contribution in [0.1, 0.15) is 52.9 Å². The zero-order valence-corrected chi connectivity index (χ0v) is 11.5. The van der Waals surface area contributed by atoms with Gasteiger partial charge in [0, 0.05) is 19.1 Å². The van der Waals surface area contributed by atoms with Crippen molar-refractivity contribution >= 4 is 0 Å². The SMILES string of the molecule is CCCC(C)CN1CCCNC(CCC)C1. The van der Waals surface area contributed by atoms with Crippen LogP contribution in [0.5, 0.6) is 0 Å². The van der Waals surface area contributed by atoms with E-state index in [0.717, 1.165) is 12.0 Å². The van der Waals surface area contributed by atoms with E-state index >= 15 is 0 Å². The normalized spacial score (nSPS) is 25.3. The average Bonchev–Trinajstić information content (AvgIpc) is 2.44. The van der Waals surface area contributed by atoms with Crippen molar-refractivity contribution in [2.75, 3.05) is 26.2 Å². The highest BCUT2D eigenvalue weighted by atomic mass is 15.2. The standard InChI is InChI=1S/C14H30N2/c1-4-7-13(3)11-16-10-6-9-15-14(12-16)8-5-2/h13-15H,4-12H2,1-3H3. The average molecular weight is 226 g/mol. The van der Waals surface area contributed by atoms with Crippen LogP contribution in [0.3, 0.4) is 0 Å². The fourth-order valence-corrected chi connectivity index (χ4v) is 2.81. The summed E-state index contributed by atoms with van der Waals surface area (Å²) in [6, 6.07) is 0.737. The van der Waals surface area contributed by atoms with Gasteiger partial charge in [-0.2, -0.15) is 0 Å². The van der Waals surface area contributed by atoms with E-state index in [0.29, 0.717) is 0 Å². The number of hydrogen-bond acceptors (Lipinski definition) is 2. The second kappa shape index (κ2) is 8.08. The van der Waals surface area contributed by atoms with Crippen LogP contribution in [0.2, 0.25) is 0 Å². The molecule has 0 bridgehead atoms. The lowest BCUT2D eigenvalue weighted by Crippen LogP contribution is -2.39. The Labute approximate surface area is 102 Å². The van der Waals surface area contributed by atoms with E-state index in [1.54, 1.807) is 0 Å². The van der Waals surface area contributed by atoms with E-state index in [2.05, 4.69) is 31.0 Å². The highest BCUT2D eigenvalue weighted by Gasteiger charge is 2.18. The quantitative estimate of drug-likeness (QED) is 0.749. The first kappa shape index (κ1) is 14.0. The molecule has 16 heavy (non-hydrogen) atoms. The third-order valence-electron chi connectivity index (χ3n) is 3.55. The molecule has 1 saturated heterocycles. The Hall–Kier alpha value is -0.0800. The van der Waals surface area contributed by atoms with Gasteiger partial charge in [0.15, 0.2) is 0 Å². The van der Waals surface area contributed by atoms with Gasteiger partial charge in [0.1, 0.15) is 0 Å². The molecule has 2 nitrogen and oxygen atoms in total. The lowest BCUT2D eigenvalue weighted by molar-refractivity contribution is 0.224. The highest BCUT2D eigenvalue weighted by Crippen LogP contribution is 2.11. The smallest absolute Gasteiger partial charge is 0.0194 e. The van der Waals surface area contributed by atoms with Gasteiger partial charge >= 0.3 is 0 Å². The molecule has 1 rings (SSSR count). The largest absolute Gasteiger partial charge is 0.313 e. The second-order valence-corrected chi connectivity index (χ2v) is 5.45. The Morgan fingerprint density at radius 2 is 2.12 bits per heavy atom. The number of nitrogens with one attached hydrogen (secondary N) is 1. The van der Waals surface area contributed by atoms with Crippen LogP contribution in [0.15, 0.2) is 0 Å². The Kier molecular flexibility index (Phi) is 7.06. The van der Waals surface area contributed by atoms with Crippen molar-refractivity contribution < 1.29 is 0 Å². The van der Waals surface area contributed by atoms with Crippen molar-refractivity contribution in [1.82, 2.24) is 10.2 Å². The molecule has 0 saturated carbocycles. The summed E-state index contributed by atoms with van der Waals surface area (Å²) in [7, 11) is 0. The highest BCUT2D eigenvalue weighted by molar-refractivity contribution is 4.77. The van der Waals surface area contributed by atoms with Crippen molar-refractivity contribution in [2.45, 2.75) is 58.9 Å². The Morgan fingerprint density at radius 1 is 1.31 bits per heavy atom. The molecule has 2 unspecified atom stereocenters. The van der Waals surface area contributed by atoms with E-state index < -0.39 is 0 Å². The van der Waals surface area contributed by atoms with E-state index in [1.807, 2.05) is 0 Å². The molecular formula is C14H30N2. The van der Waals surface area contributed by atoms with E-state index in [4.69, 9.17) is 0 Å². The molecule has 2 heteroatoms. The fourth-order valence-electron chi connectivity index (χ4n) is 2.81. The molecule has 1 aliphatic rings. The van der Waals surface area contributed by atoms with Crippen LogP contribution in [-0.4, -0.2) is 37.1 Å². The minimum Gasteiger partial charge on any atom is -0.313 e. The van der Waals surface area contributed by atoms with Gasteiger partial charge in [-0.05, 0) is 38.3 Å². The van der Waals surface area contributed by atoms with Crippen molar-refractivity contribution in [3.8, 4) is 0 Å². The summed E-state index contributed by atoms with van der Waals surface area (Å²) in [5, 5.41) is 3.68. The van der Waals surface area contributed by atoms with Crippen molar-refractivity contribution in [2.24, 2.45) is 5.92 Å². The summed E-state index contributed by atoms with van der Waals surface area (Å²) in [5.74, 6) is 0.866. The van der Waals surface area contributed by atoms with Gasteiger partial charge in [0.25, 0.3) is 0 Å². The molecule has 1 heterocycles. The first-order valence-corrected chi connectivity index (χ1v) is 7.22. The zero-order chi connectivity index (χ0) is 11.8. The summed E-state index contributed by atoms with van der Waals surface area (Å²) in [4.78, 5) is 2.68. The molecule has 1 aliphatic heterocycles. The van der Waals surface area contributed by atoms with Gasteiger partial charge in [-0.1, -0.05) is 33.6 Å². The van der Waals surface area contributed by atoms with Crippen molar-refractivity contribution in [3.63, 3.8) is 0 Å². The molecule has 0 aliphatic carbocycles. The Bertz CT molecular complexity index is 170. The number of hydrogen-bond donors (Lipinski definition) is 1. The van der Waals surface area contributed by atoms with Crippen LogP contribution in [0.25, 0.3) is 0 Å². The topological polar surface area (TPSA) is 15.3 Å². The van der Waals surface area contributed by atoms with Gasteiger partial charge < -0.3 is 10.2 Å². The summed E-state index contributed by atoms with van der Waals surface area (Å²) in [6.45, 7) is 12.1. The van der Waals surface area contributed by atoms with E-state index in [-0.39, 0.29) is 0 Å². The molecule has 1 fully saturated rings. The predicted octanol–water partition coefficient (Wildman–Crippen LogP) is 2.89. The van der Waals surface area contributed by atoms with E-state index in [1.165, 1.54) is 58.3 Å². The molecule has 1 N–H and O–H groups in total. The third kappa shape index (κ3) is 5.31. The van der Waals surface area contributed by atoms with Gasteiger partial charge in [-0.3, -0.25) is 0 Å². The van der Waals surface area contributed by atoms with Crippen molar-refractivity contribution in [3.05, 3.63) is 0 Å². The van der Waals surface area contributed by atoms with Crippen molar-refractivity contribution in [1.29, 1.82) is 0 Å². The molecule has 0 aromatic rings.